The van der Waals surface area contributed by atoms with E-state index in [0.29, 0.717) is 34.6 Å². The highest BCUT2D eigenvalue weighted by molar-refractivity contribution is 14.1. The molecule has 0 heterocycles. The van der Waals surface area contributed by atoms with Crippen LogP contribution in [0.4, 0.5) is 8.78 Å². The molecule has 0 atom stereocenters. The van der Waals surface area contributed by atoms with Crippen molar-refractivity contribution in [1.82, 2.24) is 5.32 Å². The zero-order chi connectivity index (χ0) is 16.6. The van der Waals surface area contributed by atoms with Gasteiger partial charge in [-0.2, -0.15) is 8.78 Å². The number of halogens is 3. The summed E-state index contributed by atoms with van der Waals surface area (Å²) in [6, 6.07) is 8.71. The topological polar surface area (TPSA) is 55.4 Å². The molecule has 0 bridgehead atoms. The van der Waals surface area contributed by atoms with Crippen LogP contribution in [0.5, 0.6) is 0 Å². The molecule has 7 heteroatoms. The zero-order valence-corrected chi connectivity index (χ0v) is 14.1. The number of hydrogen-bond acceptors (Lipinski definition) is 3. The maximum Gasteiger partial charge on any atom is 0.381 e. The van der Waals surface area contributed by atoms with Gasteiger partial charge in [0.25, 0.3) is 5.91 Å². The second-order valence-electron chi connectivity index (χ2n) is 4.43. The molecule has 0 fully saturated rings. The number of esters is 1. The van der Waals surface area contributed by atoms with Crippen LogP contribution in [0.25, 0.3) is 0 Å². The molecule has 0 spiro atoms. The van der Waals surface area contributed by atoms with Gasteiger partial charge in [-0.1, -0.05) is 18.2 Å². The first-order chi connectivity index (χ1) is 10.4. The maximum absolute atomic E-state index is 13.3. The van der Waals surface area contributed by atoms with Gasteiger partial charge >= 0.3 is 11.9 Å². The maximum atomic E-state index is 13.3. The highest BCUT2D eigenvalue weighted by Gasteiger charge is 2.37. The Morgan fingerprint density at radius 3 is 2.55 bits per heavy atom. The fourth-order valence-corrected chi connectivity index (χ4v) is 2.39. The van der Waals surface area contributed by atoms with Crippen molar-refractivity contribution in [3.8, 4) is 0 Å². The van der Waals surface area contributed by atoms with Crippen LogP contribution in [-0.2, 0) is 9.53 Å². The molecule has 120 valence electrons. The van der Waals surface area contributed by atoms with Gasteiger partial charge in [0.05, 0.1) is 7.11 Å². The Kier molecular flexibility index (Phi) is 7.43. The van der Waals surface area contributed by atoms with Gasteiger partial charge in [0.1, 0.15) is 0 Å². The van der Waals surface area contributed by atoms with Crippen LogP contribution < -0.4 is 5.32 Å². The van der Waals surface area contributed by atoms with Crippen molar-refractivity contribution >= 4 is 34.5 Å². The number of rotatable bonds is 7. The molecule has 4 nitrogen and oxygen atoms in total. The first-order valence-corrected chi connectivity index (χ1v) is 7.61. The lowest BCUT2D eigenvalue weighted by atomic mass is 10.2. The number of carbonyl (C=O) groups excluding carboxylic acids is 2. The average molecular weight is 423 g/mol. The van der Waals surface area contributed by atoms with Crippen molar-refractivity contribution in [3.05, 3.63) is 45.6 Å². The van der Waals surface area contributed by atoms with Crippen LogP contribution in [0.2, 0.25) is 0 Å². The summed E-state index contributed by atoms with van der Waals surface area (Å²) in [5.74, 6) is -5.42. The second kappa shape index (κ2) is 8.82. The summed E-state index contributed by atoms with van der Waals surface area (Å²) in [4.78, 5) is 22.6. The van der Waals surface area contributed by atoms with Gasteiger partial charge < -0.3 is 10.1 Å². The SMILES string of the molecule is COC(=O)C(F)(F)C=C(I)CCCNC(=O)c1ccccc1. The van der Waals surface area contributed by atoms with E-state index in [2.05, 4.69) is 10.1 Å². The van der Waals surface area contributed by atoms with E-state index in [9.17, 15) is 18.4 Å². The Bertz CT molecular complexity index is 547. The van der Waals surface area contributed by atoms with Crippen molar-refractivity contribution in [2.45, 2.75) is 18.8 Å². The van der Waals surface area contributed by atoms with Gasteiger partial charge in [-0.25, -0.2) is 4.79 Å². The van der Waals surface area contributed by atoms with Crippen LogP contribution >= 0.6 is 22.6 Å². The van der Waals surface area contributed by atoms with Crippen LogP contribution in [0.15, 0.2) is 40.0 Å². The summed E-state index contributed by atoms with van der Waals surface area (Å²) in [6.45, 7) is 0.359. The predicted molar refractivity (Wildman–Crippen MR) is 87.1 cm³/mol. The van der Waals surface area contributed by atoms with Crippen molar-refractivity contribution in [2.24, 2.45) is 0 Å². The van der Waals surface area contributed by atoms with Crippen molar-refractivity contribution < 1.29 is 23.1 Å². The third-order valence-electron chi connectivity index (χ3n) is 2.71. The third kappa shape index (κ3) is 6.08. The monoisotopic (exact) mass is 423 g/mol. The largest absolute Gasteiger partial charge is 0.464 e. The minimum atomic E-state index is -3.63. The Labute approximate surface area is 141 Å². The predicted octanol–water partition coefficient (Wildman–Crippen LogP) is 3.32. The smallest absolute Gasteiger partial charge is 0.381 e. The van der Waals surface area contributed by atoms with E-state index in [-0.39, 0.29) is 5.91 Å². The Hall–Kier alpha value is -1.51. The quantitative estimate of drug-likeness (QED) is 0.416. The second-order valence-corrected chi connectivity index (χ2v) is 5.82. The molecule has 1 amide bonds. The molecule has 0 aliphatic heterocycles. The molecule has 0 unspecified atom stereocenters. The van der Waals surface area contributed by atoms with Crippen LogP contribution in [0.3, 0.4) is 0 Å². The number of hydrogen-bond donors (Lipinski definition) is 1. The van der Waals surface area contributed by atoms with Crippen molar-refractivity contribution in [3.63, 3.8) is 0 Å². The zero-order valence-electron chi connectivity index (χ0n) is 11.9. The van der Waals surface area contributed by atoms with Gasteiger partial charge in [-0.3, -0.25) is 4.79 Å². The summed E-state index contributed by atoms with van der Waals surface area (Å²) in [5.41, 5.74) is 0.546. The molecule has 1 aromatic rings. The molecular weight excluding hydrogens is 407 g/mol. The van der Waals surface area contributed by atoms with Crippen molar-refractivity contribution in [1.29, 1.82) is 0 Å². The van der Waals surface area contributed by atoms with E-state index in [4.69, 9.17) is 0 Å². The molecule has 0 aliphatic rings. The number of carbonyl (C=O) groups is 2. The molecule has 0 radical (unpaired) electrons. The summed E-state index contributed by atoms with van der Waals surface area (Å²) in [6.07, 6.45) is 1.41. The fourth-order valence-electron chi connectivity index (χ4n) is 1.61. The summed E-state index contributed by atoms with van der Waals surface area (Å²) >= 11 is 1.75. The van der Waals surface area contributed by atoms with Gasteiger partial charge in [-0.05, 0) is 51.1 Å². The lowest BCUT2D eigenvalue weighted by molar-refractivity contribution is -0.161. The number of alkyl halides is 2. The first-order valence-electron chi connectivity index (χ1n) is 6.53. The van der Waals surface area contributed by atoms with Gasteiger partial charge in [0.15, 0.2) is 0 Å². The number of benzene rings is 1. The molecule has 0 aliphatic carbocycles. The number of amides is 1. The van der Waals surface area contributed by atoms with Crippen LogP contribution in [0.1, 0.15) is 23.2 Å². The number of allylic oxidation sites excluding steroid dienone is 1. The standard InChI is InChI=1S/C15H16F2INO3/c1-22-14(21)15(16,17)10-12(18)8-5-9-19-13(20)11-6-3-2-4-7-11/h2-4,6-7,10H,5,8-9H2,1H3,(H,19,20). The van der Waals surface area contributed by atoms with Gasteiger partial charge in [-0.15, -0.1) is 0 Å². The third-order valence-corrected chi connectivity index (χ3v) is 3.56. The van der Waals surface area contributed by atoms with E-state index in [1.54, 1.807) is 46.9 Å². The average Bonchev–Trinajstić information content (AvgIpc) is 2.50. The normalized spacial score (nSPS) is 11.9. The molecular formula is C15H16F2INO3. The van der Waals surface area contributed by atoms with Crippen molar-refractivity contribution in [2.75, 3.05) is 13.7 Å². The number of ether oxygens (including phenoxy) is 1. The molecule has 0 saturated heterocycles. The number of methoxy groups -OCH3 is 1. The minimum absolute atomic E-state index is 0.209. The minimum Gasteiger partial charge on any atom is -0.464 e. The summed E-state index contributed by atoms with van der Waals surface area (Å²) in [7, 11) is 0.913. The number of nitrogens with one attached hydrogen (secondary N) is 1. The molecule has 1 rings (SSSR count). The Balaban J connectivity index is 2.38. The Morgan fingerprint density at radius 2 is 1.95 bits per heavy atom. The highest BCUT2D eigenvalue weighted by atomic mass is 127. The van der Waals surface area contributed by atoms with E-state index < -0.39 is 11.9 Å². The molecule has 1 aromatic carbocycles. The van der Waals surface area contributed by atoms with Crippen LogP contribution in [0, 0.1) is 0 Å². The molecule has 0 saturated carbocycles. The van der Waals surface area contributed by atoms with Gasteiger partial charge in [0, 0.05) is 18.2 Å². The van der Waals surface area contributed by atoms with E-state index >= 15 is 0 Å². The summed E-state index contributed by atoms with van der Waals surface area (Å²) < 4.78 is 31.0. The lowest BCUT2D eigenvalue weighted by Crippen LogP contribution is -2.27. The lowest BCUT2D eigenvalue weighted by Gasteiger charge is -2.10. The highest BCUT2D eigenvalue weighted by Crippen LogP contribution is 2.24. The van der Waals surface area contributed by atoms with E-state index in [1.165, 1.54) is 0 Å². The molecule has 0 aromatic heterocycles. The fraction of sp³-hybridized carbons (Fsp3) is 0.333. The van der Waals surface area contributed by atoms with Gasteiger partial charge in [0.2, 0.25) is 0 Å². The summed E-state index contributed by atoms with van der Waals surface area (Å²) in [5, 5.41) is 2.70. The van der Waals surface area contributed by atoms with E-state index in [0.717, 1.165) is 7.11 Å². The molecule has 1 N–H and O–H groups in total. The first kappa shape index (κ1) is 18.5. The Morgan fingerprint density at radius 1 is 1.32 bits per heavy atom. The molecule has 22 heavy (non-hydrogen) atoms. The van der Waals surface area contributed by atoms with E-state index in [1.807, 2.05) is 6.07 Å². The van der Waals surface area contributed by atoms with Crippen LogP contribution in [-0.4, -0.2) is 31.5 Å².